The molecule has 0 atom stereocenters. The number of anilines is 1. The lowest BCUT2D eigenvalue weighted by Gasteiger charge is -2.09. The highest BCUT2D eigenvalue weighted by Gasteiger charge is 2.16. The van der Waals surface area contributed by atoms with Crippen LogP contribution >= 0.6 is 15.9 Å². The van der Waals surface area contributed by atoms with E-state index in [2.05, 4.69) is 26.2 Å². The van der Waals surface area contributed by atoms with E-state index in [0.29, 0.717) is 15.9 Å². The minimum Gasteiger partial charge on any atom is -0.385 e. The molecule has 1 rings (SSSR count). The van der Waals surface area contributed by atoms with Crippen LogP contribution < -0.4 is 5.32 Å². The van der Waals surface area contributed by atoms with Gasteiger partial charge in [-0.1, -0.05) is 0 Å². The number of hydrogen-bond donors (Lipinski definition) is 1. The van der Waals surface area contributed by atoms with Gasteiger partial charge < -0.3 is 10.1 Å². The molecule has 0 spiro atoms. The van der Waals surface area contributed by atoms with Crippen LogP contribution in [0, 0.1) is 17.0 Å². The highest BCUT2D eigenvalue weighted by molar-refractivity contribution is 9.10. The Balaban J connectivity index is 2.51. The lowest BCUT2D eigenvalue weighted by Crippen LogP contribution is -2.06. The number of unbranched alkanes of at least 4 members (excludes halogenated alkanes) is 2. The van der Waals surface area contributed by atoms with Gasteiger partial charge >= 0.3 is 0 Å². The van der Waals surface area contributed by atoms with Crippen molar-refractivity contribution in [1.82, 2.24) is 4.98 Å². The molecule has 0 fully saturated rings. The summed E-state index contributed by atoms with van der Waals surface area (Å²) in [6, 6.07) is 0. The van der Waals surface area contributed by atoms with Gasteiger partial charge in [0, 0.05) is 25.8 Å². The molecule has 1 aromatic heterocycles. The molecule has 0 radical (unpaired) electrons. The summed E-state index contributed by atoms with van der Waals surface area (Å²) in [5.41, 5.74) is 0.611. The second kappa shape index (κ2) is 8.06. The second-order valence-electron chi connectivity index (χ2n) is 4.17. The summed E-state index contributed by atoms with van der Waals surface area (Å²) in [5.74, 6) is 0.648. The third-order valence-electron chi connectivity index (χ3n) is 2.75. The average molecular weight is 332 g/mol. The Kier molecular flexibility index (Phi) is 6.72. The highest BCUT2D eigenvalue weighted by atomic mass is 79.9. The molecule has 0 aliphatic heterocycles. The first-order valence-corrected chi connectivity index (χ1v) is 6.89. The quantitative estimate of drug-likeness (QED) is 0.449. The van der Waals surface area contributed by atoms with E-state index in [4.69, 9.17) is 4.74 Å². The standard InChI is InChI=1S/C12H18BrN3O3/c1-9-10(16(17)18)8-15-12(11(9)13)14-6-4-3-5-7-19-2/h8H,3-7H2,1-2H3,(H,14,15). The molecular weight excluding hydrogens is 314 g/mol. The van der Waals surface area contributed by atoms with Crippen LogP contribution in [0.5, 0.6) is 0 Å². The minimum atomic E-state index is -0.429. The van der Waals surface area contributed by atoms with E-state index >= 15 is 0 Å². The predicted octanol–water partition coefficient (Wildman–Crippen LogP) is 3.29. The van der Waals surface area contributed by atoms with E-state index in [1.807, 2.05) is 0 Å². The first-order chi connectivity index (χ1) is 9.07. The third kappa shape index (κ3) is 4.76. The number of nitro groups is 1. The van der Waals surface area contributed by atoms with Crippen molar-refractivity contribution in [2.45, 2.75) is 26.2 Å². The number of nitrogens with zero attached hydrogens (tertiary/aromatic N) is 2. The van der Waals surface area contributed by atoms with Crippen molar-refractivity contribution in [2.75, 3.05) is 25.6 Å². The number of hydrogen-bond acceptors (Lipinski definition) is 5. The molecule has 0 bridgehead atoms. The minimum absolute atomic E-state index is 0.0255. The van der Waals surface area contributed by atoms with E-state index < -0.39 is 4.92 Å². The number of aromatic nitrogens is 1. The highest BCUT2D eigenvalue weighted by Crippen LogP contribution is 2.30. The Hall–Kier alpha value is -1.21. The first-order valence-electron chi connectivity index (χ1n) is 6.10. The monoisotopic (exact) mass is 331 g/mol. The lowest BCUT2D eigenvalue weighted by molar-refractivity contribution is -0.385. The second-order valence-corrected chi connectivity index (χ2v) is 4.96. The molecule has 0 saturated carbocycles. The van der Waals surface area contributed by atoms with Gasteiger partial charge in [0.25, 0.3) is 5.69 Å². The summed E-state index contributed by atoms with van der Waals surface area (Å²) >= 11 is 3.34. The number of pyridine rings is 1. The molecule has 19 heavy (non-hydrogen) atoms. The summed E-state index contributed by atoms with van der Waals surface area (Å²) in [5, 5.41) is 13.9. The fourth-order valence-corrected chi connectivity index (χ4v) is 2.08. The summed E-state index contributed by atoms with van der Waals surface area (Å²) in [4.78, 5) is 14.4. The van der Waals surface area contributed by atoms with Gasteiger partial charge in [-0.05, 0) is 42.1 Å². The molecule has 1 N–H and O–H groups in total. The zero-order valence-corrected chi connectivity index (χ0v) is 12.7. The largest absolute Gasteiger partial charge is 0.385 e. The van der Waals surface area contributed by atoms with Crippen molar-refractivity contribution in [3.05, 3.63) is 26.3 Å². The van der Waals surface area contributed by atoms with Crippen LogP contribution in [0.25, 0.3) is 0 Å². The lowest BCUT2D eigenvalue weighted by atomic mass is 10.2. The first kappa shape index (κ1) is 15.8. The molecule has 0 aliphatic rings. The molecule has 0 aliphatic carbocycles. The summed E-state index contributed by atoms with van der Waals surface area (Å²) in [7, 11) is 1.69. The number of halogens is 1. The number of methoxy groups -OCH3 is 1. The van der Waals surface area contributed by atoms with E-state index in [-0.39, 0.29) is 5.69 Å². The van der Waals surface area contributed by atoms with Crippen LogP contribution in [0.15, 0.2) is 10.7 Å². The predicted molar refractivity (Wildman–Crippen MR) is 77.5 cm³/mol. The Bertz CT molecular complexity index is 440. The molecular formula is C12H18BrN3O3. The fourth-order valence-electron chi connectivity index (χ4n) is 1.63. The van der Waals surface area contributed by atoms with Gasteiger partial charge in [-0.25, -0.2) is 4.98 Å². The van der Waals surface area contributed by atoms with Crippen LogP contribution in [0.2, 0.25) is 0 Å². The molecule has 0 amide bonds. The zero-order chi connectivity index (χ0) is 14.3. The maximum atomic E-state index is 10.8. The van der Waals surface area contributed by atoms with Crippen LogP contribution in [0.4, 0.5) is 11.5 Å². The van der Waals surface area contributed by atoms with Crippen LogP contribution in [-0.4, -0.2) is 30.2 Å². The third-order valence-corrected chi connectivity index (χ3v) is 3.72. The molecule has 0 unspecified atom stereocenters. The zero-order valence-electron chi connectivity index (χ0n) is 11.1. The average Bonchev–Trinajstić information content (AvgIpc) is 2.38. The summed E-state index contributed by atoms with van der Waals surface area (Å²) in [6.45, 7) is 3.26. The number of rotatable bonds is 8. The molecule has 106 valence electrons. The van der Waals surface area contributed by atoms with E-state index in [1.165, 1.54) is 6.20 Å². The van der Waals surface area contributed by atoms with Crippen molar-refractivity contribution >= 4 is 27.4 Å². The SMILES string of the molecule is COCCCCCNc1ncc([N+](=O)[O-])c(C)c1Br. The van der Waals surface area contributed by atoms with E-state index in [1.54, 1.807) is 14.0 Å². The smallest absolute Gasteiger partial charge is 0.291 e. The van der Waals surface area contributed by atoms with Gasteiger partial charge in [0.05, 0.1) is 9.40 Å². The number of ether oxygens (including phenoxy) is 1. The van der Waals surface area contributed by atoms with Crippen LogP contribution in [0.3, 0.4) is 0 Å². The molecule has 1 heterocycles. The maximum Gasteiger partial charge on any atom is 0.291 e. The fraction of sp³-hybridized carbons (Fsp3) is 0.583. The topological polar surface area (TPSA) is 77.3 Å². The maximum absolute atomic E-state index is 10.8. The van der Waals surface area contributed by atoms with Gasteiger partial charge in [-0.2, -0.15) is 0 Å². The molecule has 0 aromatic carbocycles. The molecule has 6 nitrogen and oxygen atoms in total. The van der Waals surface area contributed by atoms with Gasteiger partial charge in [0.15, 0.2) is 0 Å². The van der Waals surface area contributed by atoms with Gasteiger partial charge in [0.2, 0.25) is 0 Å². The molecule has 7 heteroatoms. The van der Waals surface area contributed by atoms with Gasteiger partial charge in [0.1, 0.15) is 12.0 Å². The van der Waals surface area contributed by atoms with Crippen LogP contribution in [0.1, 0.15) is 24.8 Å². The molecule has 0 saturated heterocycles. The molecule has 1 aromatic rings. The Labute approximate surface area is 120 Å². The summed E-state index contributed by atoms with van der Waals surface area (Å²) in [6.07, 6.45) is 4.40. The van der Waals surface area contributed by atoms with Crippen molar-refractivity contribution in [1.29, 1.82) is 0 Å². The van der Waals surface area contributed by atoms with Crippen molar-refractivity contribution in [3.8, 4) is 0 Å². The van der Waals surface area contributed by atoms with Crippen molar-refractivity contribution in [3.63, 3.8) is 0 Å². The Morgan fingerprint density at radius 1 is 1.47 bits per heavy atom. The van der Waals surface area contributed by atoms with E-state index in [0.717, 1.165) is 32.4 Å². The summed E-state index contributed by atoms with van der Waals surface area (Å²) < 4.78 is 5.62. The van der Waals surface area contributed by atoms with Crippen molar-refractivity contribution in [2.24, 2.45) is 0 Å². The Morgan fingerprint density at radius 3 is 2.84 bits per heavy atom. The Morgan fingerprint density at radius 2 is 2.21 bits per heavy atom. The number of nitrogens with one attached hydrogen (secondary N) is 1. The van der Waals surface area contributed by atoms with Gasteiger partial charge in [-0.15, -0.1) is 0 Å². The normalized spacial score (nSPS) is 10.5. The van der Waals surface area contributed by atoms with E-state index in [9.17, 15) is 10.1 Å². The van der Waals surface area contributed by atoms with Crippen molar-refractivity contribution < 1.29 is 9.66 Å². The van der Waals surface area contributed by atoms with Gasteiger partial charge in [-0.3, -0.25) is 10.1 Å². The van der Waals surface area contributed by atoms with Crippen LogP contribution in [-0.2, 0) is 4.74 Å².